The number of piperidine rings is 1. The lowest BCUT2D eigenvalue weighted by atomic mass is 9.99. The molecule has 0 radical (unpaired) electrons. The van der Waals surface area contributed by atoms with Crippen LogP contribution in [0.4, 0.5) is 0 Å². The molecule has 0 saturated carbocycles. The number of nitrogens with zero attached hydrogens (tertiary/aromatic N) is 1. The highest BCUT2D eigenvalue weighted by Gasteiger charge is 2.15. The molecule has 1 saturated heterocycles. The smallest absolute Gasteiger partial charge is 0.251 e. The van der Waals surface area contributed by atoms with Crippen molar-refractivity contribution in [3.05, 3.63) is 35.4 Å². The maximum absolute atomic E-state index is 12.0. The molecule has 1 amide bonds. The Kier molecular flexibility index (Phi) is 6.44. The molecule has 0 unspecified atom stereocenters. The Bertz CT molecular complexity index is 459. The molecule has 1 aromatic rings. The number of carbonyl (C=O) groups is 1. The van der Waals surface area contributed by atoms with Crippen LogP contribution in [-0.2, 0) is 6.54 Å². The van der Waals surface area contributed by atoms with Crippen molar-refractivity contribution < 1.29 is 4.79 Å². The molecule has 122 valence electrons. The Labute approximate surface area is 135 Å². The molecule has 2 rings (SSSR count). The van der Waals surface area contributed by atoms with Crippen molar-refractivity contribution in [3.8, 4) is 0 Å². The molecule has 3 nitrogen and oxygen atoms in total. The summed E-state index contributed by atoms with van der Waals surface area (Å²) >= 11 is 0. The molecule has 1 aliphatic rings. The predicted octanol–water partition coefficient (Wildman–Crippen LogP) is 3.69. The van der Waals surface area contributed by atoms with Crippen LogP contribution in [-0.4, -0.2) is 30.4 Å². The lowest BCUT2D eigenvalue weighted by Gasteiger charge is -2.30. The summed E-state index contributed by atoms with van der Waals surface area (Å²) in [5.41, 5.74) is 2.06. The lowest BCUT2D eigenvalue weighted by molar-refractivity contribution is 0.0952. The lowest BCUT2D eigenvalue weighted by Crippen LogP contribution is -2.32. The van der Waals surface area contributed by atoms with Gasteiger partial charge in [0, 0.05) is 18.7 Å². The molecule has 0 bridgehead atoms. The predicted molar refractivity (Wildman–Crippen MR) is 91.9 cm³/mol. The first kappa shape index (κ1) is 17.0. The fourth-order valence-corrected chi connectivity index (χ4v) is 2.82. The minimum Gasteiger partial charge on any atom is -0.352 e. The molecule has 1 heterocycles. The van der Waals surface area contributed by atoms with Crippen LogP contribution < -0.4 is 5.32 Å². The fraction of sp³-hybridized carbons (Fsp3) is 0.632. The van der Waals surface area contributed by atoms with Crippen molar-refractivity contribution >= 4 is 5.91 Å². The molecule has 0 aromatic heterocycles. The van der Waals surface area contributed by atoms with Crippen molar-refractivity contribution in [1.82, 2.24) is 10.2 Å². The number of carbonyl (C=O) groups excluding carboxylic acids is 1. The molecule has 3 heteroatoms. The van der Waals surface area contributed by atoms with E-state index in [2.05, 4.69) is 43.1 Å². The Balaban J connectivity index is 1.80. The highest BCUT2D eigenvalue weighted by molar-refractivity contribution is 5.94. The summed E-state index contributed by atoms with van der Waals surface area (Å²) in [6.45, 7) is 10.8. The standard InChI is InChI=1S/C19H30N2O/c1-15(2)8-11-20-19(22)18-6-4-17(5-7-18)14-21-12-9-16(3)10-13-21/h4-7,15-16H,8-14H2,1-3H3,(H,20,22). The van der Waals surface area contributed by atoms with Crippen molar-refractivity contribution in [2.75, 3.05) is 19.6 Å². The van der Waals surface area contributed by atoms with Gasteiger partial charge in [-0.25, -0.2) is 0 Å². The second-order valence-corrected chi connectivity index (χ2v) is 7.09. The van der Waals surface area contributed by atoms with Gasteiger partial charge in [-0.2, -0.15) is 0 Å². The van der Waals surface area contributed by atoms with E-state index in [1.54, 1.807) is 0 Å². The van der Waals surface area contributed by atoms with Gasteiger partial charge in [0.25, 0.3) is 5.91 Å². The zero-order valence-electron chi connectivity index (χ0n) is 14.3. The van der Waals surface area contributed by atoms with Crippen LogP contribution in [0.15, 0.2) is 24.3 Å². The maximum Gasteiger partial charge on any atom is 0.251 e. The summed E-state index contributed by atoms with van der Waals surface area (Å²) in [6, 6.07) is 8.09. The largest absolute Gasteiger partial charge is 0.352 e. The van der Waals surface area contributed by atoms with Crippen LogP contribution in [0.1, 0.15) is 56.0 Å². The van der Waals surface area contributed by atoms with Gasteiger partial charge in [0.05, 0.1) is 0 Å². The van der Waals surface area contributed by atoms with Crippen LogP contribution in [0.5, 0.6) is 0 Å². The molecule has 1 N–H and O–H groups in total. The second-order valence-electron chi connectivity index (χ2n) is 7.09. The topological polar surface area (TPSA) is 32.3 Å². The van der Waals surface area contributed by atoms with E-state index in [-0.39, 0.29) is 5.91 Å². The summed E-state index contributed by atoms with van der Waals surface area (Å²) in [5, 5.41) is 2.99. The van der Waals surface area contributed by atoms with Crippen molar-refractivity contribution in [2.24, 2.45) is 11.8 Å². The Hall–Kier alpha value is -1.35. The van der Waals surface area contributed by atoms with Gasteiger partial charge in [-0.1, -0.05) is 32.9 Å². The number of hydrogen-bond acceptors (Lipinski definition) is 2. The first-order chi connectivity index (χ1) is 10.5. The van der Waals surface area contributed by atoms with Gasteiger partial charge in [-0.05, 0) is 61.9 Å². The Morgan fingerprint density at radius 1 is 1.23 bits per heavy atom. The number of hydrogen-bond donors (Lipinski definition) is 1. The summed E-state index contributed by atoms with van der Waals surface area (Å²) in [5.74, 6) is 1.53. The number of rotatable bonds is 6. The average Bonchev–Trinajstić information content (AvgIpc) is 2.50. The van der Waals surface area contributed by atoms with E-state index < -0.39 is 0 Å². The zero-order chi connectivity index (χ0) is 15.9. The molecule has 1 aliphatic heterocycles. The highest BCUT2D eigenvalue weighted by Crippen LogP contribution is 2.18. The van der Waals surface area contributed by atoms with Crippen LogP contribution in [0.25, 0.3) is 0 Å². The number of amides is 1. The first-order valence-corrected chi connectivity index (χ1v) is 8.64. The zero-order valence-corrected chi connectivity index (χ0v) is 14.3. The van der Waals surface area contributed by atoms with E-state index in [1.807, 2.05) is 12.1 Å². The minimum atomic E-state index is 0.0407. The normalized spacial score (nSPS) is 16.9. The van der Waals surface area contributed by atoms with E-state index in [9.17, 15) is 4.79 Å². The maximum atomic E-state index is 12.0. The number of likely N-dealkylation sites (tertiary alicyclic amines) is 1. The molecular weight excluding hydrogens is 272 g/mol. The molecule has 0 spiro atoms. The third-order valence-corrected chi connectivity index (χ3v) is 4.51. The van der Waals surface area contributed by atoms with E-state index in [4.69, 9.17) is 0 Å². The third-order valence-electron chi connectivity index (χ3n) is 4.51. The number of benzene rings is 1. The van der Waals surface area contributed by atoms with Gasteiger partial charge >= 0.3 is 0 Å². The van der Waals surface area contributed by atoms with E-state index in [0.717, 1.165) is 31.0 Å². The van der Waals surface area contributed by atoms with E-state index in [0.29, 0.717) is 5.92 Å². The van der Waals surface area contributed by atoms with Crippen LogP contribution >= 0.6 is 0 Å². The summed E-state index contributed by atoms with van der Waals surface area (Å²) in [6.07, 6.45) is 3.63. The first-order valence-electron chi connectivity index (χ1n) is 8.64. The molecule has 1 fully saturated rings. The Morgan fingerprint density at radius 2 is 1.86 bits per heavy atom. The average molecular weight is 302 g/mol. The SMILES string of the molecule is CC(C)CCNC(=O)c1ccc(CN2CCC(C)CC2)cc1. The van der Waals surface area contributed by atoms with Gasteiger partial charge in [0.2, 0.25) is 0 Å². The molecular formula is C19H30N2O. The summed E-state index contributed by atoms with van der Waals surface area (Å²) in [4.78, 5) is 14.6. The third kappa shape index (κ3) is 5.45. The van der Waals surface area contributed by atoms with Crippen LogP contribution in [0.2, 0.25) is 0 Å². The van der Waals surface area contributed by atoms with E-state index in [1.165, 1.54) is 31.5 Å². The van der Waals surface area contributed by atoms with Gasteiger partial charge < -0.3 is 5.32 Å². The number of nitrogens with one attached hydrogen (secondary N) is 1. The van der Waals surface area contributed by atoms with Crippen LogP contribution in [0.3, 0.4) is 0 Å². The summed E-state index contributed by atoms with van der Waals surface area (Å²) in [7, 11) is 0. The summed E-state index contributed by atoms with van der Waals surface area (Å²) < 4.78 is 0. The molecule has 0 atom stereocenters. The molecule has 1 aromatic carbocycles. The highest BCUT2D eigenvalue weighted by atomic mass is 16.1. The van der Waals surface area contributed by atoms with Crippen LogP contribution in [0, 0.1) is 11.8 Å². The second kappa shape index (κ2) is 8.33. The van der Waals surface area contributed by atoms with Gasteiger partial charge in [-0.15, -0.1) is 0 Å². The fourth-order valence-electron chi connectivity index (χ4n) is 2.82. The van der Waals surface area contributed by atoms with Gasteiger partial charge in [0.1, 0.15) is 0 Å². The van der Waals surface area contributed by atoms with Crippen molar-refractivity contribution in [2.45, 2.75) is 46.6 Å². The minimum absolute atomic E-state index is 0.0407. The molecule has 22 heavy (non-hydrogen) atoms. The molecule has 0 aliphatic carbocycles. The monoisotopic (exact) mass is 302 g/mol. The van der Waals surface area contributed by atoms with Crippen molar-refractivity contribution in [3.63, 3.8) is 0 Å². The van der Waals surface area contributed by atoms with Crippen molar-refractivity contribution in [1.29, 1.82) is 0 Å². The quantitative estimate of drug-likeness (QED) is 0.869. The van der Waals surface area contributed by atoms with E-state index >= 15 is 0 Å². The Morgan fingerprint density at radius 3 is 2.45 bits per heavy atom. The van der Waals surface area contributed by atoms with Gasteiger partial charge in [-0.3, -0.25) is 9.69 Å². The van der Waals surface area contributed by atoms with Gasteiger partial charge in [0.15, 0.2) is 0 Å².